The highest BCUT2D eigenvalue weighted by Crippen LogP contribution is 2.60. The zero-order chi connectivity index (χ0) is 26.4. The summed E-state index contributed by atoms with van der Waals surface area (Å²) in [6, 6.07) is 49.1. The van der Waals surface area contributed by atoms with Crippen LogP contribution in [0.1, 0.15) is 0 Å². The fourth-order valence-electron chi connectivity index (χ4n) is 7.26. The van der Waals surface area contributed by atoms with Gasteiger partial charge in [-0.1, -0.05) is 140 Å². The minimum absolute atomic E-state index is 0.944. The smallest absolute Gasteiger partial charge is 0.173 e. The van der Waals surface area contributed by atoms with E-state index in [1.807, 2.05) is 12.1 Å². The van der Waals surface area contributed by atoms with Gasteiger partial charge in [0, 0.05) is 21.5 Å². The molecule has 40 heavy (non-hydrogen) atoms. The van der Waals surface area contributed by atoms with E-state index < -0.39 is 7.14 Å². The SMILES string of the molecule is O=P1(c2c3c(c(-c4ccccc4)c4ccccc24)-c2cccc4cccc-3c24)c2ccccc2-c2ccccc21. The van der Waals surface area contributed by atoms with E-state index >= 15 is 4.57 Å². The molecule has 1 aliphatic carbocycles. The van der Waals surface area contributed by atoms with Crippen LogP contribution in [-0.2, 0) is 4.57 Å². The number of benzene rings is 7. The van der Waals surface area contributed by atoms with Crippen LogP contribution < -0.4 is 15.9 Å². The molecule has 1 nitrogen and oxygen atoms in total. The summed E-state index contributed by atoms with van der Waals surface area (Å²) in [6.45, 7) is 0. The lowest BCUT2D eigenvalue weighted by molar-refractivity contribution is 0.593. The summed E-state index contributed by atoms with van der Waals surface area (Å²) in [6.07, 6.45) is 0. The quantitative estimate of drug-likeness (QED) is 0.206. The second kappa shape index (κ2) is 7.92. The Kier molecular flexibility index (Phi) is 4.38. The van der Waals surface area contributed by atoms with E-state index in [0.29, 0.717) is 0 Å². The van der Waals surface area contributed by atoms with E-state index in [0.717, 1.165) is 43.4 Å². The molecular formula is C38H23OP. The van der Waals surface area contributed by atoms with Crippen LogP contribution in [0.15, 0.2) is 140 Å². The summed E-state index contributed by atoms with van der Waals surface area (Å²) in [5.74, 6) is 0. The molecule has 9 rings (SSSR count). The van der Waals surface area contributed by atoms with Crippen LogP contribution in [0.25, 0.3) is 66.1 Å². The van der Waals surface area contributed by atoms with Crippen molar-refractivity contribution in [2.45, 2.75) is 0 Å². The normalized spacial score (nSPS) is 13.8. The van der Waals surface area contributed by atoms with Gasteiger partial charge >= 0.3 is 0 Å². The maximum atomic E-state index is 16.2. The molecule has 2 heteroatoms. The summed E-state index contributed by atoms with van der Waals surface area (Å²) in [5.41, 5.74) is 9.28. The van der Waals surface area contributed by atoms with Gasteiger partial charge in [0.2, 0.25) is 0 Å². The number of hydrogen-bond acceptors (Lipinski definition) is 1. The van der Waals surface area contributed by atoms with Crippen molar-refractivity contribution in [1.82, 2.24) is 0 Å². The van der Waals surface area contributed by atoms with Crippen LogP contribution in [0.4, 0.5) is 0 Å². The van der Waals surface area contributed by atoms with Crippen molar-refractivity contribution < 1.29 is 4.57 Å². The van der Waals surface area contributed by atoms with Crippen molar-refractivity contribution in [3.05, 3.63) is 140 Å². The molecule has 1 aliphatic heterocycles. The van der Waals surface area contributed by atoms with E-state index in [1.54, 1.807) is 0 Å². The summed E-state index contributed by atoms with van der Waals surface area (Å²) < 4.78 is 16.2. The van der Waals surface area contributed by atoms with Gasteiger partial charge in [-0.2, -0.15) is 0 Å². The minimum atomic E-state index is -3.24. The van der Waals surface area contributed by atoms with Crippen LogP contribution in [0.3, 0.4) is 0 Å². The average molecular weight is 527 g/mol. The predicted octanol–water partition coefficient (Wildman–Crippen LogP) is 8.93. The van der Waals surface area contributed by atoms with Crippen molar-refractivity contribution in [3.63, 3.8) is 0 Å². The second-order valence-electron chi connectivity index (χ2n) is 10.7. The Morgan fingerprint density at radius 3 is 1.60 bits per heavy atom. The van der Waals surface area contributed by atoms with Crippen molar-refractivity contribution in [3.8, 4) is 44.5 Å². The summed E-state index contributed by atoms with van der Waals surface area (Å²) >= 11 is 0. The molecule has 0 aromatic heterocycles. The monoisotopic (exact) mass is 526 g/mol. The topological polar surface area (TPSA) is 17.1 Å². The molecule has 0 N–H and O–H groups in total. The van der Waals surface area contributed by atoms with Gasteiger partial charge < -0.3 is 4.57 Å². The van der Waals surface area contributed by atoms with Gasteiger partial charge in [0.05, 0.1) is 0 Å². The number of rotatable bonds is 2. The van der Waals surface area contributed by atoms with Crippen molar-refractivity contribution in [2.75, 3.05) is 0 Å². The maximum absolute atomic E-state index is 16.2. The summed E-state index contributed by atoms with van der Waals surface area (Å²) in [7, 11) is -3.24. The van der Waals surface area contributed by atoms with Gasteiger partial charge in [0.25, 0.3) is 0 Å². The largest absolute Gasteiger partial charge is 0.309 e. The Labute approximate surface area is 232 Å². The van der Waals surface area contributed by atoms with E-state index in [2.05, 4.69) is 127 Å². The summed E-state index contributed by atoms with van der Waals surface area (Å²) in [5, 5.41) is 7.54. The molecule has 0 radical (unpaired) electrons. The highest BCUT2D eigenvalue weighted by atomic mass is 31.2. The molecule has 0 bridgehead atoms. The molecule has 7 aromatic carbocycles. The lowest BCUT2D eigenvalue weighted by Crippen LogP contribution is -2.24. The Bertz CT molecular complexity index is 2190. The van der Waals surface area contributed by atoms with Gasteiger partial charge in [0.15, 0.2) is 7.14 Å². The Morgan fingerprint density at radius 2 is 0.925 bits per heavy atom. The zero-order valence-corrected chi connectivity index (χ0v) is 22.5. The van der Waals surface area contributed by atoms with Crippen molar-refractivity contribution in [2.24, 2.45) is 0 Å². The third-order valence-electron chi connectivity index (χ3n) is 8.79. The lowest BCUT2D eigenvalue weighted by atomic mass is 9.88. The van der Waals surface area contributed by atoms with Crippen LogP contribution >= 0.6 is 7.14 Å². The molecule has 186 valence electrons. The number of fused-ring (bicyclic) bond motifs is 7. The molecule has 0 unspecified atom stereocenters. The van der Waals surface area contributed by atoms with E-state index in [1.165, 1.54) is 38.6 Å². The first kappa shape index (κ1) is 22.1. The van der Waals surface area contributed by atoms with Crippen LogP contribution in [0, 0.1) is 0 Å². The Balaban J connectivity index is 1.56. The third-order valence-corrected chi connectivity index (χ3v) is 12.0. The van der Waals surface area contributed by atoms with Crippen LogP contribution in [0.5, 0.6) is 0 Å². The average Bonchev–Trinajstić information content (AvgIpc) is 3.48. The highest BCUT2D eigenvalue weighted by molar-refractivity contribution is 7.87. The predicted molar refractivity (Wildman–Crippen MR) is 170 cm³/mol. The third kappa shape index (κ3) is 2.66. The molecule has 2 aliphatic rings. The van der Waals surface area contributed by atoms with Crippen molar-refractivity contribution >= 4 is 44.6 Å². The molecule has 0 atom stereocenters. The fourth-order valence-corrected chi connectivity index (χ4v) is 10.7. The molecule has 0 saturated carbocycles. The van der Waals surface area contributed by atoms with E-state index in [9.17, 15) is 0 Å². The second-order valence-corrected chi connectivity index (χ2v) is 13.4. The number of hydrogen-bond donors (Lipinski definition) is 0. The minimum Gasteiger partial charge on any atom is -0.309 e. The van der Waals surface area contributed by atoms with Gasteiger partial charge in [-0.05, 0) is 60.5 Å². The van der Waals surface area contributed by atoms with E-state index in [4.69, 9.17) is 0 Å². The van der Waals surface area contributed by atoms with Gasteiger partial charge in [0.1, 0.15) is 0 Å². The molecule has 0 saturated heterocycles. The molecule has 0 spiro atoms. The molecule has 0 amide bonds. The highest BCUT2D eigenvalue weighted by Gasteiger charge is 2.44. The first-order valence-corrected chi connectivity index (χ1v) is 15.4. The maximum Gasteiger partial charge on any atom is 0.173 e. The van der Waals surface area contributed by atoms with E-state index in [-0.39, 0.29) is 0 Å². The van der Waals surface area contributed by atoms with Gasteiger partial charge in [-0.25, -0.2) is 0 Å². The molecule has 7 aromatic rings. The summed E-state index contributed by atoms with van der Waals surface area (Å²) in [4.78, 5) is 0. The van der Waals surface area contributed by atoms with Crippen LogP contribution in [0.2, 0.25) is 0 Å². The Morgan fingerprint density at radius 1 is 0.400 bits per heavy atom. The molecule has 1 heterocycles. The molecular weight excluding hydrogens is 503 g/mol. The first-order chi connectivity index (χ1) is 19.8. The lowest BCUT2D eigenvalue weighted by Gasteiger charge is -2.25. The van der Waals surface area contributed by atoms with Crippen LogP contribution in [-0.4, -0.2) is 0 Å². The Hall–Kier alpha value is -4.71. The standard InChI is InChI=1S/C38H23OP/c39-40(32-22-8-6-16-26(32)27-17-7-9-23-33(27)40)38-29-19-5-4-18-28(29)35(25-12-2-1-3-13-25)36-30-20-10-14-24-15-11-21-31(34(24)30)37(36)38/h1-23H. The van der Waals surface area contributed by atoms with Crippen molar-refractivity contribution in [1.29, 1.82) is 0 Å². The van der Waals surface area contributed by atoms with Gasteiger partial charge in [-0.3, -0.25) is 0 Å². The molecule has 0 fully saturated rings. The first-order valence-electron chi connectivity index (χ1n) is 13.7. The fraction of sp³-hybridized carbons (Fsp3) is 0. The zero-order valence-electron chi connectivity index (χ0n) is 21.6. The van der Waals surface area contributed by atoms with Gasteiger partial charge in [-0.15, -0.1) is 0 Å².